The van der Waals surface area contributed by atoms with Crippen LogP contribution in [0, 0.1) is 122 Å². The summed E-state index contributed by atoms with van der Waals surface area (Å²) in [6.07, 6.45) is 7.49. The average molecular weight is 1930 g/mol. The van der Waals surface area contributed by atoms with Crippen LogP contribution in [0.5, 0.6) is 0 Å². The third kappa shape index (κ3) is 31.9. The molecule has 6 N–H and O–H groups in total. The van der Waals surface area contributed by atoms with E-state index in [2.05, 4.69) is 245 Å². The van der Waals surface area contributed by atoms with Crippen molar-refractivity contribution in [3.63, 3.8) is 0 Å². The van der Waals surface area contributed by atoms with Crippen LogP contribution in [0.3, 0.4) is 0 Å². The summed E-state index contributed by atoms with van der Waals surface area (Å²) in [5.41, 5.74) is 25.1. The summed E-state index contributed by atoms with van der Waals surface area (Å²) in [4.78, 5) is 14.7. The predicted molar refractivity (Wildman–Crippen MR) is 426 cm³/mol. The van der Waals surface area contributed by atoms with Crippen LogP contribution in [0.1, 0.15) is 190 Å². The molecule has 0 bridgehead atoms. The largest absolute Gasteiger partial charge is 0.513 e. The van der Waals surface area contributed by atoms with E-state index in [9.17, 15) is 20.4 Å². The van der Waals surface area contributed by atoms with Crippen LogP contribution in [-0.4, -0.2) is 63.9 Å². The molecule has 6 aromatic carbocycles. The van der Waals surface area contributed by atoms with Crippen LogP contribution >= 0.6 is 0 Å². The first-order valence-corrected chi connectivity index (χ1v) is 36.2. The Morgan fingerprint density at radius 2 is 0.728 bits per heavy atom. The molecule has 567 valence electrons. The van der Waals surface area contributed by atoms with E-state index >= 15 is 0 Å². The first-order chi connectivity index (χ1) is 46.8. The Morgan fingerprint density at radius 3 is 0.961 bits per heavy atom. The third-order valence-corrected chi connectivity index (χ3v) is 17.5. The van der Waals surface area contributed by atoms with Crippen molar-refractivity contribution in [3.05, 3.63) is 230 Å². The first kappa shape index (κ1) is 95.0. The van der Waals surface area contributed by atoms with Crippen LogP contribution in [0.15, 0.2) is 145 Å². The molecule has 3 radical (unpaired) electrons. The van der Waals surface area contributed by atoms with Gasteiger partial charge in [-0.1, -0.05) is 232 Å². The van der Waals surface area contributed by atoms with Gasteiger partial charge in [0, 0.05) is 88.8 Å². The molecule has 3 unspecified atom stereocenters. The van der Waals surface area contributed by atoms with Gasteiger partial charge < -0.3 is 30.6 Å². The van der Waals surface area contributed by atoms with Crippen molar-refractivity contribution < 1.29 is 91.0 Å². The van der Waals surface area contributed by atoms with E-state index in [1.807, 2.05) is 41.5 Å². The van der Waals surface area contributed by atoms with E-state index in [0.29, 0.717) is 48.2 Å². The number of aryl methyl sites for hydroxylation is 6. The van der Waals surface area contributed by atoms with Crippen LogP contribution < -0.4 is 0 Å². The molecule has 3 heterocycles. The number of nitrogens with zero attached hydrogens (tertiary/aromatic N) is 3. The van der Waals surface area contributed by atoms with Gasteiger partial charge in [-0.15, -0.1) is 103 Å². The second-order valence-corrected chi connectivity index (χ2v) is 30.2. The van der Waals surface area contributed by atoms with Gasteiger partial charge >= 0.3 is 0 Å². The van der Waals surface area contributed by atoms with Crippen molar-refractivity contribution >= 4 is 32.7 Å². The van der Waals surface area contributed by atoms with Crippen LogP contribution in [-0.2, 0) is 79.6 Å². The summed E-state index contributed by atoms with van der Waals surface area (Å²) in [6, 6.07) is 49.4. The minimum absolute atomic E-state index is 0. The van der Waals surface area contributed by atoms with Gasteiger partial charge in [0.15, 0.2) is 0 Å². The second-order valence-electron chi connectivity index (χ2n) is 30.2. The SMILES string of the molecule is CC(C)C(O)=CC(O)C(C)C.CC(C)CC(O)=CC(O)CC(C)C.CC(O)=CC(C)O.Cc1[c-]c(-c2ccc3c(CC(C)C)cccc3n2)cc(C)c1C.Cc1[c-]c(-c2ccc3c(CC(C)C)cccc3n2)cc(C)c1C.Cc1[c-]c(-c2ccc3c(CC(C)C)cccc3n2)cc(C)c1C.[Ir].[Ir].[Ir]. The van der Waals surface area contributed by atoms with Crippen LogP contribution in [0.25, 0.3) is 66.5 Å². The van der Waals surface area contributed by atoms with Gasteiger partial charge in [-0.05, 0) is 145 Å². The Labute approximate surface area is 661 Å². The number of hydrogen-bond acceptors (Lipinski definition) is 9. The number of rotatable bonds is 18. The smallest absolute Gasteiger partial charge is 0.0933 e. The molecule has 0 spiro atoms. The molecule has 9 nitrogen and oxygen atoms in total. The third-order valence-electron chi connectivity index (χ3n) is 17.5. The van der Waals surface area contributed by atoms with Crippen molar-refractivity contribution in [1.29, 1.82) is 0 Å². The van der Waals surface area contributed by atoms with E-state index in [0.717, 1.165) is 69.6 Å². The molecule has 0 amide bonds. The Morgan fingerprint density at radius 1 is 0.408 bits per heavy atom. The van der Waals surface area contributed by atoms with Gasteiger partial charge in [0.25, 0.3) is 0 Å². The molecular weight excluding hydrogens is 1810 g/mol. The van der Waals surface area contributed by atoms with Crippen LogP contribution in [0.2, 0.25) is 0 Å². The normalized spacial score (nSPS) is 12.4. The number of aliphatic hydroxyl groups excluding tert-OH is 6. The molecule has 9 aromatic rings. The zero-order chi connectivity index (χ0) is 75.0. The predicted octanol–water partition coefficient (Wildman–Crippen LogP) is 23.3. The van der Waals surface area contributed by atoms with E-state index < -0.39 is 18.3 Å². The van der Waals surface area contributed by atoms with E-state index in [1.165, 1.54) is 102 Å². The molecule has 12 heteroatoms. The fraction of sp³-hybridized carbons (Fsp3) is 0.440. The molecular formula is C91H122Ir3N3O6-3. The van der Waals surface area contributed by atoms with Gasteiger partial charge in [-0.3, -0.25) is 15.0 Å². The summed E-state index contributed by atoms with van der Waals surface area (Å²) in [5.74, 6) is 3.84. The summed E-state index contributed by atoms with van der Waals surface area (Å²) < 4.78 is 0. The van der Waals surface area contributed by atoms with Gasteiger partial charge in [-0.25, -0.2) is 0 Å². The second kappa shape index (κ2) is 46.2. The summed E-state index contributed by atoms with van der Waals surface area (Å²) >= 11 is 0. The Bertz CT molecular complexity index is 3760. The maximum atomic E-state index is 9.47. The van der Waals surface area contributed by atoms with E-state index in [1.54, 1.807) is 13.0 Å². The van der Waals surface area contributed by atoms with Crippen molar-refractivity contribution in [2.75, 3.05) is 0 Å². The Balaban J connectivity index is 0.000000640. The fourth-order valence-electron chi connectivity index (χ4n) is 11.4. The van der Waals surface area contributed by atoms with Gasteiger partial charge in [0.1, 0.15) is 0 Å². The zero-order valence-electron chi connectivity index (χ0n) is 66.5. The number of benzene rings is 6. The van der Waals surface area contributed by atoms with Crippen molar-refractivity contribution in [2.24, 2.45) is 41.4 Å². The molecule has 3 atom stereocenters. The summed E-state index contributed by atoms with van der Waals surface area (Å²) in [5, 5.41) is 58.1. The standard InChI is InChI=1S/3C22H24N.C11H22O2.C9H18O2.C5H10O2.3Ir/c3*1-14(2)11-18-7-6-8-22-20(18)9-10-21(23-22)19-12-15(3)17(5)16(4)13-19;1-8(2)5-10(12)7-11(13)6-9(3)4;1-6(2)8(10)5-9(11)7(3)4;1-4(6)3-5(2)7;;;/h3*6-10,12,14H,11H2,1-5H3;7-10,12-13H,5-6H2,1-4H3;5-8,10-11H,1-4H3;3-4,6-7H,1-2H3;;;/q3*-1;;;;;;. The molecule has 0 saturated heterocycles. The van der Waals surface area contributed by atoms with Crippen molar-refractivity contribution in [3.8, 4) is 33.8 Å². The van der Waals surface area contributed by atoms with Gasteiger partial charge in [0.05, 0.1) is 52.1 Å². The molecule has 0 fully saturated rings. The maximum Gasteiger partial charge on any atom is 0.0933 e. The number of allylic oxidation sites excluding steroid dienone is 3. The van der Waals surface area contributed by atoms with E-state index in [-0.39, 0.29) is 83.7 Å². The maximum absolute atomic E-state index is 9.47. The molecule has 103 heavy (non-hydrogen) atoms. The Kier molecular flexibility index (Phi) is 42.6. The number of hydrogen-bond donors (Lipinski definition) is 6. The fourth-order valence-corrected chi connectivity index (χ4v) is 11.4. The zero-order valence-corrected chi connectivity index (χ0v) is 73.6. The van der Waals surface area contributed by atoms with E-state index in [4.69, 9.17) is 25.2 Å². The average Bonchev–Trinajstić information content (AvgIpc) is 0.807. The van der Waals surface area contributed by atoms with Crippen molar-refractivity contribution in [2.45, 2.75) is 224 Å². The molecule has 0 saturated carbocycles. The number of fused-ring (bicyclic) bond motifs is 3. The quantitative estimate of drug-likeness (QED) is 0.0363. The molecule has 9 rings (SSSR count). The molecule has 0 aliphatic heterocycles. The van der Waals surface area contributed by atoms with Crippen molar-refractivity contribution in [1.82, 2.24) is 15.0 Å². The monoisotopic (exact) mass is 1930 g/mol. The van der Waals surface area contributed by atoms with Gasteiger partial charge in [0.2, 0.25) is 0 Å². The number of pyridine rings is 3. The molecule has 3 aromatic heterocycles. The topological polar surface area (TPSA) is 160 Å². The molecule has 0 aliphatic rings. The number of aromatic nitrogens is 3. The first-order valence-electron chi connectivity index (χ1n) is 36.2. The summed E-state index contributed by atoms with van der Waals surface area (Å²) in [7, 11) is 0. The van der Waals surface area contributed by atoms with Crippen LogP contribution in [0.4, 0.5) is 0 Å². The minimum Gasteiger partial charge on any atom is -0.513 e. The Hall–Kier alpha value is -6.00. The minimum atomic E-state index is -0.537. The summed E-state index contributed by atoms with van der Waals surface area (Å²) in [6.45, 7) is 51.7. The van der Waals surface area contributed by atoms with Gasteiger partial charge in [-0.2, -0.15) is 0 Å². The molecule has 0 aliphatic carbocycles. The number of aliphatic hydroxyl groups is 6.